The summed E-state index contributed by atoms with van der Waals surface area (Å²) in [5.41, 5.74) is 2.29. The summed E-state index contributed by atoms with van der Waals surface area (Å²) >= 11 is 0. The molecule has 0 unspecified atom stereocenters. The van der Waals surface area contributed by atoms with E-state index in [0.717, 1.165) is 11.5 Å². The Morgan fingerprint density at radius 3 is 2.26 bits per heavy atom. The van der Waals surface area contributed by atoms with E-state index >= 15 is 0 Å². The predicted molar refractivity (Wildman–Crippen MR) is 122 cm³/mol. The number of rotatable bonds is 5. The van der Waals surface area contributed by atoms with Crippen LogP contribution in [0, 0.1) is 6.92 Å². The maximum absolute atomic E-state index is 12.9. The fourth-order valence-corrected chi connectivity index (χ4v) is 5.51. The van der Waals surface area contributed by atoms with Crippen LogP contribution in [0.15, 0.2) is 48.7 Å². The number of sulfonamides is 1. The Balaban J connectivity index is 1.28. The first-order chi connectivity index (χ1) is 14.9. The Bertz CT molecular complexity index is 999. The minimum Gasteiger partial charge on any atom is -0.369 e. The molecular formula is C22H29N5O3S. The first kappa shape index (κ1) is 21.6. The van der Waals surface area contributed by atoms with Crippen molar-refractivity contribution in [1.29, 1.82) is 0 Å². The highest BCUT2D eigenvalue weighted by Crippen LogP contribution is 2.19. The number of aryl methyl sites for hydroxylation is 1. The molecule has 0 saturated carbocycles. The zero-order valence-electron chi connectivity index (χ0n) is 17.9. The summed E-state index contributed by atoms with van der Waals surface area (Å²) in [6.07, 6.45) is 1.75. The minimum absolute atomic E-state index is 0.318. The van der Waals surface area contributed by atoms with Gasteiger partial charge in [0, 0.05) is 64.2 Å². The lowest BCUT2D eigenvalue weighted by atomic mass is 10.2. The molecule has 2 aromatic rings. The van der Waals surface area contributed by atoms with E-state index in [1.807, 2.05) is 43.3 Å². The molecule has 4 rings (SSSR count). The van der Waals surface area contributed by atoms with Crippen LogP contribution in [0.3, 0.4) is 0 Å². The van der Waals surface area contributed by atoms with Gasteiger partial charge in [0.15, 0.2) is 0 Å². The van der Waals surface area contributed by atoms with Crippen LogP contribution in [-0.2, 0) is 14.8 Å². The SMILES string of the molecule is Cc1cccc(N2CCN(S(=O)(=O)CC(=O)N3CCN(c4ccccn4)CC3)CC2)c1. The zero-order valence-corrected chi connectivity index (χ0v) is 18.7. The standard InChI is InChI=1S/C22H29N5O3S/c1-19-5-4-6-20(17-19)24-13-15-27(16-14-24)31(29,30)18-22(28)26-11-9-25(10-12-26)21-7-2-3-8-23-21/h2-8,17H,9-16,18H2,1H3. The van der Waals surface area contributed by atoms with Gasteiger partial charge in [0.05, 0.1) is 0 Å². The summed E-state index contributed by atoms with van der Waals surface area (Å²) in [6, 6.07) is 14.0. The van der Waals surface area contributed by atoms with Crippen molar-refractivity contribution < 1.29 is 13.2 Å². The molecule has 166 valence electrons. The molecule has 9 heteroatoms. The molecule has 1 aromatic heterocycles. The van der Waals surface area contributed by atoms with Crippen molar-refractivity contribution in [1.82, 2.24) is 14.2 Å². The average molecular weight is 444 g/mol. The van der Waals surface area contributed by atoms with Crippen LogP contribution in [0.5, 0.6) is 0 Å². The maximum Gasteiger partial charge on any atom is 0.239 e. The Morgan fingerprint density at radius 1 is 0.903 bits per heavy atom. The molecule has 1 aromatic carbocycles. The third-order valence-corrected chi connectivity index (χ3v) is 7.67. The molecule has 31 heavy (non-hydrogen) atoms. The van der Waals surface area contributed by atoms with Gasteiger partial charge in [-0.1, -0.05) is 18.2 Å². The normalized spacial score (nSPS) is 18.3. The number of amides is 1. The highest BCUT2D eigenvalue weighted by Gasteiger charge is 2.32. The molecule has 2 aliphatic heterocycles. The third-order valence-electron chi connectivity index (χ3n) is 5.91. The molecule has 0 aliphatic carbocycles. The quantitative estimate of drug-likeness (QED) is 0.691. The van der Waals surface area contributed by atoms with Gasteiger partial charge in [-0.3, -0.25) is 4.79 Å². The van der Waals surface area contributed by atoms with Gasteiger partial charge in [-0.15, -0.1) is 0 Å². The monoisotopic (exact) mass is 443 g/mol. The van der Waals surface area contributed by atoms with Crippen molar-refractivity contribution in [3.63, 3.8) is 0 Å². The van der Waals surface area contributed by atoms with Gasteiger partial charge >= 0.3 is 0 Å². The van der Waals surface area contributed by atoms with Gasteiger partial charge in [0.25, 0.3) is 0 Å². The van der Waals surface area contributed by atoms with Gasteiger partial charge in [-0.25, -0.2) is 13.4 Å². The third kappa shape index (κ3) is 5.16. The van der Waals surface area contributed by atoms with Crippen molar-refractivity contribution in [2.45, 2.75) is 6.92 Å². The van der Waals surface area contributed by atoms with E-state index in [4.69, 9.17) is 0 Å². The van der Waals surface area contributed by atoms with Gasteiger partial charge in [0.2, 0.25) is 15.9 Å². The molecule has 3 heterocycles. The van der Waals surface area contributed by atoms with Crippen LogP contribution in [-0.4, -0.2) is 86.6 Å². The lowest BCUT2D eigenvalue weighted by Gasteiger charge is -2.37. The summed E-state index contributed by atoms with van der Waals surface area (Å²) in [6.45, 7) is 6.41. The summed E-state index contributed by atoms with van der Waals surface area (Å²) in [7, 11) is -3.62. The van der Waals surface area contributed by atoms with Gasteiger partial charge in [-0.05, 0) is 36.8 Å². The van der Waals surface area contributed by atoms with Crippen LogP contribution in [0.4, 0.5) is 11.5 Å². The van der Waals surface area contributed by atoms with Crippen LogP contribution in [0.1, 0.15) is 5.56 Å². The van der Waals surface area contributed by atoms with Gasteiger partial charge < -0.3 is 14.7 Å². The second-order valence-corrected chi connectivity index (χ2v) is 10.0. The van der Waals surface area contributed by atoms with E-state index in [2.05, 4.69) is 20.9 Å². The predicted octanol–water partition coefficient (Wildman–Crippen LogP) is 1.19. The molecule has 1 amide bonds. The lowest BCUT2D eigenvalue weighted by Crippen LogP contribution is -2.53. The molecular weight excluding hydrogens is 414 g/mol. The summed E-state index contributed by atoms with van der Waals surface area (Å²) in [5.74, 6) is 0.108. The fourth-order valence-electron chi connectivity index (χ4n) is 4.11. The highest BCUT2D eigenvalue weighted by molar-refractivity contribution is 7.89. The Morgan fingerprint density at radius 2 is 1.61 bits per heavy atom. The molecule has 2 fully saturated rings. The van der Waals surface area contributed by atoms with E-state index in [-0.39, 0.29) is 5.91 Å². The number of aromatic nitrogens is 1. The molecule has 0 N–H and O–H groups in total. The molecule has 2 saturated heterocycles. The summed E-state index contributed by atoms with van der Waals surface area (Å²) in [4.78, 5) is 23.0. The average Bonchev–Trinajstić information content (AvgIpc) is 2.79. The second-order valence-electron chi connectivity index (χ2n) is 8.04. The Hall–Kier alpha value is -2.65. The number of benzene rings is 1. The van der Waals surface area contributed by atoms with Crippen molar-refractivity contribution in [3.05, 3.63) is 54.2 Å². The summed E-state index contributed by atoms with van der Waals surface area (Å²) in [5, 5.41) is 0. The van der Waals surface area contributed by atoms with Gasteiger partial charge in [-0.2, -0.15) is 4.31 Å². The van der Waals surface area contributed by atoms with E-state index in [1.54, 1.807) is 11.1 Å². The van der Waals surface area contributed by atoms with Crippen molar-refractivity contribution in [2.24, 2.45) is 0 Å². The zero-order chi connectivity index (χ0) is 21.8. The number of hydrogen-bond acceptors (Lipinski definition) is 6. The molecule has 0 bridgehead atoms. The second kappa shape index (κ2) is 9.23. The Labute approximate surface area is 184 Å². The van der Waals surface area contributed by atoms with Gasteiger partial charge in [0.1, 0.15) is 11.6 Å². The molecule has 0 spiro atoms. The summed E-state index contributed by atoms with van der Waals surface area (Å²) < 4.78 is 27.2. The number of pyridine rings is 1. The fraction of sp³-hybridized carbons (Fsp3) is 0.455. The Kier molecular flexibility index (Phi) is 6.43. The van der Waals surface area contributed by atoms with E-state index in [0.29, 0.717) is 52.4 Å². The van der Waals surface area contributed by atoms with Crippen LogP contribution in [0.25, 0.3) is 0 Å². The number of piperazine rings is 2. The molecule has 2 aliphatic rings. The lowest BCUT2D eigenvalue weighted by molar-refractivity contribution is -0.128. The first-order valence-corrected chi connectivity index (χ1v) is 12.3. The number of anilines is 2. The van der Waals surface area contributed by atoms with E-state index < -0.39 is 15.8 Å². The molecule has 8 nitrogen and oxygen atoms in total. The van der Waals surface area contributed by atoms with Crippen molar-refractivity contribution in [2.75, 3.05) is 67.9 Å². The number of nitrogens with zero attached hydrogens (tertiary/aromatic N) is 5. The van der Waals surface area contributed by atoms with E-state index in [9.17, 15) is 13.2 Å². The highest BCUT2D eigenvalue weighted by atomic mass is 32.2. The van der Waals surface area contributed by atoms with Crippen LogP contribution in [0.2, 0.25) is 0 Å². The van der Waals surface area contributed by atoms with Crippen LogP contribution >= 0.6 is 0 Å². The van der Waals surface area contributed by atoms with E-state index in [1.165, 1.54) is 9.87 Å². The topological polar surface area (TPSA) is 77.1 Å². The molecule has 0 atom stereocenters. The largest absolute Gasteiger partial charge is 0.369 e. The number of carbonyl (C=O) groups excluding carboxylic acids is 1. The smallest absolute Gasteiger partial charge is 0.239 e. The molecule has 0 radical (unpaired) electrons. The van der Waals surface area contributed by atoms with Crippen molar-refractivity contribution >= 4 is 27.4 Å². The maximum atomic E-state index is 12.9. The van der Waals surface area contributed by atoms with Crippen molar-refractivity contribution in [3.8, 4) is 0 Å². The number of carbonyl (C=O) groups is 1. The first-order valence-electron chi connectivity index (χ1n) is 10.7. The van der Waals surface area contributed by atoms with Crippen LogP contribution < -0.4 is 9.80 Å². The number of hydrogen-bond donors (Lipinski definition) is 0. The minimum atomic E-state index is -3.62.